The van der Waals surface area contributed by atoms with Crippen LogP contribution in [-0.2, 0) is 11.2 Å². The highest BCUT2D eigenvalue weighted by Gasteiger charge is 2.30. The molecular formula is C17H26N2O2. The van der Waals surface area contributed by atoms with Gasteiger partial charge in [-0.1, -0.05) is 31.9 Å². The second-order valence-corrected chi connectivity index (χ2v) is 6.26. The monoisotopic (exact) mass is 290 g/mol. The SMILES string of the molecule is CC1CCCCC1N(C)C(=O)C(N)Cc1ccc(O)cc1. The van der Waals surface area contributed by atoms with E-state index >= 15 is 0 Å². The topological polar surface area (TPSA) is 66.6 Å². The maximum absolute atomic E-state index is 12.5. The number of likely N-dealkylation sites (N-methyl/N-ethyl adjacent to an activating group) is 1. The van der Waals surface area contributed by atoms with Gasteiger partial charge in [0.1, 0.15) is 5.75 Å². The van der Waals surface area contributed by atoms with Crippen molar-refractivity contribution in [1.82, 2.24) is 4.90 Å². The predicted octanol–water partition coefficient (Wildman–Crippen LogP) is 2.30. The van der Waals surface area contributed by atoms with E-state index in [1.807, 2.05) is 24.1 Å². The molecule has 2 rings (SSSR count). The first kappa shape index (κ1) is 15.8. The fraction of sp³-hybridized carbons (Fsp3) is 0.588. The van der Waals surface area contributed by atoms with Gasteiger partial charge in [0.25, 0.3) is 0 Å². The molecule has 116 valence electrons. The van der Waals surface area contributed by atoms with Crippen LogP contribution in [0.5, 0.6) is 5.75 Å². The third-order valence-corrected chi connectivity index (χ3v) is 4.62. The van der Waals surface area contributed by atoms with E-state index in [4.69, 9.17) is 5.73 Å². The molecular weight excluding hydrogens is 264 g/mol. The van der Waals surface area contributed by atoms with Gasteiger partial charge in [-0.25, -0.2) is 0 Å². The van der Waals surface area contributed by atoms with Gasteiger partial charge in [-0.3, -0.25) is 4.79 Å². The number of phenolic OH excluding ortho intramolecular Hbond substituents is 1. The highest BCUT2D eigenvalue weighted by atomic mass is 16.3. The van der Waals surface area contributed by atoms with Crippen molar-refractivity contribution >= 4 is 5.91 Å². The lowest BCUT2D eigenvalue weighted by atomic mass is 9.85. The number of nitrogens with zero attached hydrogens (tertiary/aromatic N) is 1. The Morgan fingerprint density at radius 1 is 1.33 bits per heavy atom. The number of amides is 1. The van der Waals surface area contributed by atoms with Gasteiger partial charge in [0.2, 0.25) is 5.91 Å². The molecule has 0 aliphatic heterocycles. The van der Waals surface area contributed by atoms with Gasteiger partial charge in [0.05, 0.1) is 6.04 Å². The third kappa shape index (κ3) is 3.97. The van der Waals surface area contributed by atoms with Crippen LogP contribution in [0.1, 0.15) is 38.2 Å². The molecule has 1 aromatic rings. The maximum atomic E-state index is 12.5. The number of hydrogen-bond acceptors (Lipinski definition) is 3. The zero-order valence-corrected chi connectivity index (χ0v) is 13.0. The van der Waals surface area contributed by atoms with E-state index < -0.39 is 6.04 Å². The van der Waals surface area contributed by atoms with Crippen LogP contribution in [0.3, 0.4) is 0 Å². The Morgan fingerprint density at radius 3 is 2.57 bits per heavy atom. The third-order valence-electron chi connectivity index (χ3n) is 4.62. The van der Waals surface area contributed by atoms with Crippen molar-refractivity contribution < 1.29 is 9.90 Å². The van der Waals surface area contributed by atoms with Crippen molar-refractivity contribution in [3.05, 3.63) is 29.8 Å². The summed E-state index contributed by atoms with van der Waals surface area (Å²) in [5.41, 5.74) is 7.06. The van der Waals surface area contributed by atoms with E-state index in [2.05, 4.69) is 6.92 Å². The second kappa shape index (κ2) is 6.94. The van der Waals surface area contributed by atoms with Crippen molar-refractivity contribution in [2.45, 2.75) is 51.1 Å². The summed E-state index contributed by atoms with van der Waals surface area (Å²) in [6.45, 7) is 2.22. The molecule has 1 aromatic carbocycles. The van der Waals surface area contributed by atoms with Gasteiger partial charge in [-0.15, -0.1) is 0 Å². The predicted molar refractivity (Wildman–Crippen MR) is 84.0 cm³/mol. The molecule has 0 aromatic heterocycles. The molecule has 0 spiro atoms. The van der Waals surface area contributed by atoms with E-state index in [0.717, 1.165) is 12.0 Å². The Labute approximate surface area is 126 Å². The van der Waals surface area contributed by atoms with Crippen molar-refractivity contribution in [2.75, 3.05) is 7.05 Å². The van der Waals surface area contributed by atoms with Crippen molar-refractivity contribution in [2.24, 2.45) is 11.7 Å². The molecule has 21 heavy (non-hydrogen) atoms. The van der Waals surface area contributed by atoms with Crippen LogP contribution in [0.25, 0.3) is 0 Å². The molecule has 0 bridgehead atoms. The number of nitrogens with two attached hydrogens (primary N) is 1. The number of phenols is 1. The molecule has 1 aliphatic rings. The molecule has 0 saturated heterocycles. The first-order valence-electron chi connectivity index (χ1n) is 7.79. The highest BCUT2D eigenvalue weighted by Crippen LogP contribution is 2.27. The average Bonchev–Trinajstić information content (AvgIpc) is 2.48. The minimum Gasteiger partial charge on any atom is -0.508 e. The Morgan fingerprint density at radius 2 is 1.95 bits per heavy atom. The molecule has 3 unspecified atom stereocenters. The van der Waals surface area contributed by atoms with Gasteiger partial charge in [0, 0.05) is 13.1 Å². The molecule has 3 atom stereocenters. The summed E-state index contributed by atoms with van der Waals surface area (Å²) in [6.07, 6.45) is 5.23. The molecule has 3 N–H and O–H groups in total. The van der Waals surface area contributed by atoms with Gasteiger partial charge in [-0.05, 0) is 42.9 Å². The van der Waals surface area contributed by atoms with E-state index in [1.165, 1.54) is 19.3 Å². The van der Waals surface area contributed by atoms with Gasteiger partial charge >= 0.3 is 0 Å². The fourth-order valence-corrected chi connectivity index (χ4v) is 3.27. The molecule has 1 aliphatic carbocycles. The van der Waals surface area contributed by atoms with Crippen LogP contribution in [0.4, 0.5) is 0 Å². The molecule has 4 heteroatoms. The van der Waals surface area contributed by atoms with Crippen LogP contribution in [0.15, 0.2) is 24.3 Å². The lowest BCUT2D eigenvalue weighted by Crippen LogP contribution is -2.50. The lowest BCUT2D eigenvalue weighted by Gasteiger charge is -2.37. The van der Waals surface area contributed by atoms with Gasteiger partial charge in [-0.2, -0.15) is 0 Å². The highest BCUT2D eigenvalue weighted by molar-refractivity contribution is 5.82. The minimum absolute atomic E-state index is 0.0156. The number of aromatic hydroxyl groups is 1. The smallest absolute Gasteiger partial charge is 0.239 e. The largest absolute Gasteiger partial charge is 0.508 e. The zero-order valence-electron chi connectivity index (χ0n) is 13.0. The summed E-state index contributed by atoms with van der Waals surface area (Å²) in [7, 11) is 1.88. The van der Waals surface area contributed by atoms with Crippen molar-refractivity contribution in [1.29, 1.82) is 0 Å². The van der Waals surface area contributed by atoms with E-state index in [0.29, 0.717) is 18.4 Å². The molecule has 0 radical (unpaired) electrons. The van der Waals surface area contributed by atoms with E-state index in [1.54, 1.807) is 12.1 Å². The molecule has 1 amide bonds. The number of hydrogen-bond donors (Lipinski definition) is 2. The van der Waals surface area contributed by atoms with Gasteiger partial charge in [0.15, 0.2) is 0 Å². The van der Waals surface area contributed by atoms with Crippen molar-refractivity contribution in [3.8, 4) is 5.75 Å². The Kier molecular flexibility index (Phi) is 5.23. The van der Waals surface area contributed by atoms with Crippen LogP contribution < -0.4 is 5.73 Å². The Bertz CT molecular complexity index is 472. The second-order valence-electron chi connectivity index (χ2n) is 6.26. The van der Waals surface area contributed by atoms with Crippen LogP contribution in [0, 0.1) is 5.92 Å². The van der Waals surface area contributed by atoms with Gasteiger partial charge < -0.3 is 15.7 Å². The average molecular weight is 290 g/mol. The summed E-state index contributed by atoms with van der Waals surface area (Å²) < 4.78 is 0. The summed E-state index contributed by atoms with van der Waals surface area (Å²) in [6, 6.07) is 6.67. The maximum Gasteiger partial charge on any atom is 0.239 e. The zero-order chi connectivity index (χ0) is 15.4. The fourth-order valence-electron chi connectivity index (χ4n) is 3.27. The molecule has 0 heterocycles. The minimum atomic E-state index is -0.520. The van der Waals surface area contributed by atoms with Crippen molar-refractivity contribution in [3.63, 3.8) is 0 Å². The molecule has 1 saturated carbocycles. The van der Waals surface area contributed by atoms with Crippen LogP contribution >= 0.6 is 0 Å². The normalized spacial score (nSPS) is 23.6. The summed E-state index contributed by atoms with van der Waals surface area (Å²) in [4.78, 5) is 14.4. The quantitative estimate of drug-likeness (QED) is 0.894. The number of benzene rings is 1. The Balaban J connectivity index is 1.96. The summed E-state index contributed by atoms with van der Waals surface area (Å²) in [5, 5.41) is 9.28. The van der Waals surface area contributed by atoms with E-state index in [-0.39, 0.29) is 11.7 Å². The van der Waals surface area contributed by atoms with E-state index in [9.17, 15) is 9.90 Å². The summed E-state index contributed by atoms with van der Waals surface area (Å²) >= 11 is 0. The summed E-state index contributed by atoms with van der Waals surface area (Å²) in [5.74, 6) is 0.794. The van der Waals surface area contributed by atoms with Crippen LogP contribution in [-0.4, -0.2) is 35.0 Å². The molecule has 4 nitrogen and oxygen atoms in total. The standard InChI is InChI=1S/C17H26N2O2/c1-12-5-3-4-6-16(12)19(2)17(21)15(18)11-13-7-9-14(20)10-8-13/h7-10,12,15-16,20H,3-6,11,18H2,1-2H3. The first-order valence-corrected chi connectivity index (χ1v) is 7.79. The van der Waals surface area contributed by atoms with Crippen LogP contribution in [0.2, 0.25) is 0 Å². The number of carbonyl (C=O) groups excluding carboxylic acids is 1. The Hall–Kier alpha value is -1.55. The lowest BCUT2D eigenvalue weighted by molar-refractivity contribution is -0.135. The molecule has 1 fully saturated rings. The first-order chi connectivity index (χ1) is 9.99. The number of rotatable bonds is 4. The number of carbonyl (C=O) groups is 1.